The number of nitrogens with zero attached hydrogens (tertiary/aromatic N) is 1. The van der Waals surface area contributed by atoms with Crippen LogP contribution in [0.25, 0.3) is 0 Å². The summed E-state index contributed by atoms with van der Waals surface area (Å²) < 4.78 is 13.4. The Balaban J connectivity index is 1.99. The van der Waals surface area contributed by atoms with Gasteiger partial charge in [-0.05, 0) is 48.9 Å². The Hall–Kier alpha value is -1.87. The number of carbonyl (C=O) groups is 1. The Bertz CT molecular complexity index is 773. The number of anilines is 2. The van der Waals surface area contributed by atoms with Gasteiger partial charge in [-0.3, -0.25) is 4.79 Å². The van der Waals surface area contributed by atoms with E-state index >= 15 is 0 Å². The van der Waals surface area contributed by atoms with Crippen LogP contribution in [0.3, 0.4) is 0 Å². The van der Waals surface area contributed by atoms with Crippen LogP contribution in [0.2, 0.25) is 5.02 Å². The van der Waals surface area contributed by atoms with E-state index in [1.54, 1.807) is 18.2 Å². The molecule has 4 heteroatoms. The predicted octanol–water partition coefficient (Wildman–Crippen LogP) is 4.13. The summed E-state index contributed by atoms with van der Waals surface area (Å²) in [5.41, 5.74) is 2.62. The van der Waals surface area contributed by atoms with Gasteiger partial charge in [0.25, 0.3) is 0 Å². The highest BCUT2D eigenvalue weighted by Gasteiger charge is 2.52. The molecule has 0 N–H and O–H groups in total. The largest absolute Gasteiger partial charge is 0.327 e. The van der Waals surface area contributed by atoms with E-state index < -0.39 is 5.54 Å². The maximum atomic E-state index is 13.4. The molecule has 0 bridgehead atoms. The molecule has 0 saturated carbocycles. The monoisotopic (exact) mass is 287 g/mol. The molecular formula is C16H11ClFNO. The summed E-state index contributed by atoms with van der Waals surface area (Å²) in [6, 6.07) is 10.0. The van der Waals surface area contributed by atoms with Gasteiger partial charge in [-0.15, -0.1) is 0 Å². The molecular weight excluding hydrogens is 277 g/mol. The molecule has 2 aliphatic rings. The number of ketones is 1. The third-order valence-corrected chi connectivity index (χ3v) is 4.48. The molecule has 0 fully saturated rings. The Morgan fingerprint density at radius 1 is 1.20 bits per heavy atom. The van der Waals surface area contributed by atoms with Crippen LogP contribution in [-0.2, 0) is 6.42 Å². The maximum absolute atomic E-state index is 13.4. The number of carbonyl (C=O) groups excluding carboxylic acids is 1. The molecule has 2 heterocycles. The lowest BCUT2D eigenvalue weighted by Crippen LogP contribution is -2.42. The molecule has 0 amide bonds. The van der Waals surface area contributed by atoms with Gasteiger partial charge in [0.2, 0.25) is 0 Å². The van der Waals surface area contributed by atoms with Crippen molar-refractivity contribution < 1.29 is 9.18 Å². The average Bonchev–Trinajstić information content (AvgIpc) is 2.80. The number of hydrogen-bond acceptors (Lipinski definition) is 2. The molecule has 0 aliphatic carbocycles. The Morgan fingerprint density at radius 3 is 2.75 bits per heavy atom. The van der Waals surface area contributed by atoms with Gasteiger partial charge < -0.3 is 4.90 Å². The third kappa shape index (κ3) is 1.31. The first-order valence-corrected chi connectivity index (χ1v) is 6.81. The molecule has 0 radical (unpaired) electrons. The van der Waals surface area contributed by atoms with E-state index in [9.17, 15) is 9.18 Å². The first-order valence-electron chi connectivity index (χ1n) is 6.44. The van der Waals surface area contributed by atoms with E-state index in [1.807, 2.05) is 17.9 Å². The van der Waals surface area contributed by atoms with Crippen molar-refractivity contribution in [3.8, 4) is 0 Å². The van der Waals surface area contributed by atoms with E-state index in [2.05, 4.69) is 0 Å². The van der Waals surface area contributed by atoms with E-state index in [4.69, 9.17) is 11.6 Å². The van der Waals surface area contributed by atoms with Crippen molar-refractivity contribution in [2.75, 3.05) is 4.90 Å². The summed E-state index contributed by atoms with van der Waals surface area (Å²) >= 11 is 5.99. The summed E-state index contributed by atoms with van der Waals surface area (Å²) in [4.78, 5) is 14.7. The van der Waals surface area contributed by atoms with E-state index in [1.165, 1.54) is 12.1 Å². The fourth-order valence-electron chi connectivity index (χ4n) is 3.38. The van der Waals surface area contributed by atoms with E-state index in [0.717, 1.165) is 16.9 Å². The first kappa shape index (κ1) is 11.9. The molecule has 2 aromatic rings. The van der Waals surface area contributed by atoms with Crippen molar-refractivity contribution >= 4 is 28.8 Å². The van der Waals surface area contributed by atoms with Gasteiger partial charge in [0.1, 0.15) is 11.4 Å². The second kappa shape index (κ2) is 3.61. The van der Waals surface area contributed by atoms with Crippen molar-refractivity contribution in [2.24, 2.45) is 0 Å². The van der Waals surface area contributed by atoms with Crippen molar-refractivity contribution in [3.05, 3.63) is 58.4 Å². The summed E-state index contributed by atoms with van der Waals surface area (Å²) in [7, 11) is 0. The molecule has 1 unspecified atom stereocenters. The number of rotatable bonds is 0. The molecule has 1 atom stereocenters. The lowest BCUT2D eigenvalue weighted by atomic mass is 9.91. The molecule has 2 aromatic carbocycles. The molecule has 2 aliphatic heterocycles. The summed E-state index contributed by atoms with van der Waals surface area (Å²) in [5.74, 6) is -0.219. The van der Waals surface area contributed by atoms with Crippen LogP contribution in [0.4, 0.5) is 15.8 Å². The topological polar surface area (TPSA) is 20.3 Å². The zero-order chi connectivity index (χ0) is 14.1. The van der Waals surface area contributed by atoms with Gasteiger partial charge in [0.15, 0.2) is 5.78 Å². The average molecular weight is 288 g/mol. The van der Waals surface area contributed by atoms with Gasteiger partial charge in [-0.2, -0.15) is 0 Å². The van der Waals surface area contributed by atoms with Crippen LogP contribution < -0.4 is 4.90 Å². The lowest BCUT2D eigenvalue weighted by molar-refractivity contribution is 0.0923. The van der Waals surface area contributed by atoms with Gasteiger partial charge in [0, 0.05) is 22.7 Å². The highest BCUT2D eigenvalue weighted by molar-refractivity contribution is 6.31. The zero-order valence-corrected chi connectivity index (χ0v) is 11.5. The Labute approximate surface area is 120 Å². The summed E-state index contributed by atoms with van der Waals surface area (Å²) in [5, 5.41) is 0.557. The molecule has 20 heavy (non-hydrogen) atoms. The van der Waals surface area contributed by atoms with Gasteiger partial charge in [-0.25, -0.2) is 4.39 Å². The highest BCUT2D eigenvalue weighted by Crippen LogP contribution is 2.52. The smallest absolute Gasteiger partial charge is 0.190 e. The zero-order valence-electron chi connectivity index (χ0n) is 10.8. The van der Waals surface area contributed by atoms with Crippen LogP contribution in [0, 0.1) is 5.82 Å². The lowest BCUT2D eigenvalue weighted by Gasteiger charge is -2.28. The van der Waals surface area contributed by atoms with Crippen LogP contribution in [-0.4, -0.2) is 11.3 Å². The molecule has 100 valence electrons. The Morgan fingerprint density at radius 2 is 1.95 bits per heavy atom. The van der Waals surface area contributed by atoms with Gasteiger partial charge in [-0.1, -0.05) is 11.6 Å². The third-order valence-electron chi connectivity index (χ3n) is 4.24. The number of fused-ring (bicyclic) bond motifs is 5. The van der Waals surface area contributed by atoms with Crippen LogP contribution >= 0.6 is 11.6 Å². The summed E-state index contributed by atoms with van der Waals surface area (Å²) in [6.07, 6.45) is 0.519. The number of halogens is 2. The minimum atomic E-state index is -0.664. The van der Waals surface area contributed by atoms with Crippen molar-refractivity contribution in [3.63, 3.8) is 0 Å². The van der Waals surface area contributed by atoms with Crippen LogP contribution in [0.15, 0.2) is 36.4 Å². The Kier molecular flexibility index (Phi) is 2.15. The number of benzene rings is 2. The highest BCUT2D eigenvalue weighted by atomic mass is 35.5. The second-order valence-electron chi connectivity index (χ2n) is 5.55. The molecule has 0 aromatic heterocycles. The normalized spacial score (nSPS) is 22.8. The fraction of sp³-hybridized carbons (Fsp3) is 0.188. The van der Waals surface area contributed by atoms with Crippen LogP contribution in [0.1, 0.15) is 22.8 Å². The number of Topliss-reactive ketones (excluding diaryl/α,β-unsaturated/α-hetero) is 1. The van der Waals surface area contributed by atoms with Crippen molar-refractivity contribution in [2.45, 2.75) is 18.9 Å². The van der Waals surface area contributed by atoms with Gasteiger partial charge >= 0.3 is 0 Å². The fourth-order valence-corrected chi connectivity index (χ4v) is 3.55. The molecule has 0 spiro atoms. The van der Waals surface area contributed by atoms with Crippen molar-refractivity contribution in [1.29, 1.82) is 0 Å². The minimum Gasteiger partial charge on any atom is -0.327 e. The first-order chi connectivity index (χ1) is 9.50. The number of hydrogen-bond donors (Lipinski definition) is 0. The quantitative estimate of drug-likeness (QED) is 0.726. The van der Waals surface area contributed by atoms with Gasteiger partial charge in [0.05, 0.1) is 5.69 Å². The predicted molar refractivity (Wildman–Crippen MR) is 76.4 cm³/mol. The van der Waals surface area contributed by atoms with E-state index in [0.29, 0.717) is 17.0 Å². The summed E-state index contributed by atoms with van der Waals surface area (Å²) in [6.45, 7) is 1.90. The molecule has 2 nitrogen and oxygen atoms in total. The minimum absolute atomic E-state index is 0.0478. The second-order valence-corrected chi connectivity index (χ2v) is 5.99. The van der Waals surface area contributed by atoms with Crippen LogP contribution in [0.5, 0.6) is 0 Å². The van der Waals surface area contributed by atoms with Crippen molar-refractivity contribution in [1.82, 2.24) is 0 Å². The molecule has 4 rings (SSSR count). The van der Waals surface area contributed by atoms with E-state index in [-0.39, 0.29) is 11.6 Å². The standard InChI is InChI=1S/C16H11ClFNO/c1-16-8-9-6-11(18)3-5-13(9)19(16)14-4-2-10(17)7-12(14)15(16)20/h2-7H,8H2,1H3. The maximum Gasteiger partial charge on any atom is 0.190 e. The SMILES string of the molecule is CC12Cc3cc(F)ccc3N1c1ccc(Cl)cc1C2=O. The molecule has 0 saturated heterocycles.